The zero-order chi connectivity index (χ0) is 16.0. The highest BCUT2D eigenvalue weighted by Crippen LogP contribution is 2.35. The number of thiophene rings is 1. The first kappa shape index (κ1) is 14.6. The second kappa shape index (κ2) is 5.60. The molecule has 0 spiro atoms. The first-order valence-corrected chi connectivity index (χ1v) is 8.99. The van der Waals surface area contributed by atoms with E-state index in [-0.39, 0.29) is 5.56 Å². The number of aromatic nitrogens is 2. The molecule has 0 saturated carbocycles. The average molecular weight is 324 g/mol. The molecule has 0 aliphatic heterocycles. The summed E-state index contributed by atoms with van der Waals surface area (Å²) in [7, 11) is 0. The van der Waals surface area contributed by atoms with Crippen molar-refractivity contribution < 1.29 is 0 Å². The van der Waals surface area contributed by atoms with Gasteiger partial charge in [-0.25, -0.2) is 4.98 Å². The molecule has 1 aromatic carbocycles. The van der Waals surface area contributed by atoms with E-state index in [1.165, 1.54) is 28.0 Å². The van der Waals surface area contributed by atoms with E-state index in [4.69, 9.17) is 0 Å². The topological polar surface area (TPSA) is 34.9 Å². The second-order valence-corrected chi connectivity index (χ2v) is 7.72. The molecule has 1 atom stereocenters. The van der Waals surface area contributed by atoms with Crippen molar-refractivity contribution in [3.63, 3.8) is 0 Å². The minimum Gasteiger partial charge on any atom is -0.294 e. The summed E-state index contributed by atoms with van der Waals surface area (Å²) in [5.74, 6) is 0.713. The molecular formula is C19H20N2OS. The zero-order valence-electron chi connectivity index (χ0n) is 13.5. The maximum absolute atomic E-state index is 13.0. The molecule has 3 nitrogen and oxygen atoms in total. The molecule has 0 bridgehead atoms. The standard InChI is InChI=1S/C19H20N2OS/c1-12-7-8-15-16(9-12)23-18-17(15)19(22)21(11-20-18)10-14-6-4-3-5-13(14)2/h3-6,11-12H,7-10H2,1-2H3/t12-/m1/s1. The third-order valence-electron chi connectivity index (χ3n) is 4.88. The van der Waals surface area contributed by atoms with Crippen molar-refractivity contribution in [2.24, 2.45) is 5.92 Å². The van der Waals surface area contributed by atoms with Gasteiger partial charge in [0, 0.05) is 4.88 Å². The van der Waals surface area contributed by atoms with Gasteiger partial charge in [-0.2, -0.15) is 0 Å². The number of hydrogen-bond donors (Lipinski definition) is 0. The molecule has 4 rings (SSSR count). The van der Waals surface area contributed by atoms with E-state index < -0.39 is 0 Å². The molecule has 4 heteroatoms. The molecule has 0 fully saturated rings. The van der Waals surface area contributed by atoms with Crippen LogP contribution in [0, 0.1) is 12.8 Å². The van der Waals surface area contributed by atoms with E-state index in [1.54, 1.807) is 22.2 Å². The number of aryl methyl sites for hydroxylation is 2. The number of benzene rings is 1. The SMILES string of the molecule is Cc1ccccc1Cn1cnc2sc3c(c2c1=O)CC[C@@H](C)C3. The van der Waals surface area contributed by atoms with Crippen LogP contribution in [0.5, 0.6) is 0 Å². The maximum Gasteiger partial charge on any atom is 0.262 e. The van der Waals surface area contributed by atoms with Crippen molar-refractivity contribution >= 4 is 21.6 Å². The molecule has 0 saturated heterocycles. The van der Waals surface area contributed by atoms with Gasteiger partial charge in [-0.1, -0.05) is 31.2 Å². The van der Waals surface area contributed by atoms with Gasteiger partial charge in [-0.15, -0.1) is 11.3 Å². The Bertz CT molecular complexity index is 938. The summed E-state index contributed by atoms with van der Waals surface area (Å²) in [6.07, 6.45) is 4.99. The molecule has 2 aromatic heterocycles. The van der Waals surface area contributed by atoms with Gasteiger partial charge in [0.2, 0.25) is 0 Å². The van der Waals surface area contributed by atoms with E-state index in [9.17, 15) is 4.79 Å². The Kier molecular flexibility index (Phi) is 3.57. The number of fused-ring (bicyclic) bond motifs is 3. The smallest absolute Gasteiger partial charge is 0.262 e. The van der Waals surface area contributed by atoms with Crippen molar-refractivity contribution in [1.82, 2.24) is 9.55 Å². The van der Waals surface area contributed by atoms with Crippen LogP contribution < -0.4 is 5.56 Å². The summed E-state index contributed by atoms with van der Waals surface area (Å²) in [6, 6.07) is 8.21. The van der Waals surface area contributed by atoms with Gasteiger partial charge in [0.1, 0.15) is 4.83 Å². The summed E-state index contributed by atoms with van der Waals surface area (Å²) < 4.78 is 1.76. The van der Waals surface area contributed by atoms with Crippen molar-refractivity contribution in [3.8, 4) is 0 Å². The minimum absolute atomic E-state index is 0.116. The Hall–Kier alpha value is -1.94. The predicted octanol–water partition coefficient (Wildman–Crippen LogP) is 3.94. The summed E-state index contributed by atoms with van der Waals surface area (Å²) in [5, 5.41) is 0.869. The lowest BCUT2D eigenvalue weighted by molar-refractivity contribution is 0.509. The highest BCUT2D eigenvalue weighted by molar-refractivity contribution is 7.18. The molecule has 0 N–H and O–H groups in total. The Morgan fingerprint density at radius 2 is 2.17 bits per heavy atom. The number of nitrogens with zero attached hydrogens (tertiary/aromatic N) is 2. The van der Waals surface area contributed by atoms with Gasteiger partial charge >= 0.3 is 0 Å². The number of hydrogen-bond acceptors (Lipinski definition) is 3. The lowest BCUT2D eigenvalue weighted by atomic mass is 9.89. The summed E-state index contributed by atoms with van der Waals surface area (Å²) in [6.45, 7) is 4.97. The van der Waals surface area contributed by atoms with Crippen molar-refractivity contribution in [2.45, 2.75) is 39.7 Å². The van der Waals surface area contributed by atoms with Crippen molar-refractivity contribution in [1.29, 1.82) is 0 Å². The first-order chi connectivity index (χ1) is 11.1. The fourth-order valence-electron chi connectivity index (χ4n) is 3.45. The van der Waals surface area contributed by atoms with Crippen LogP contribution in [0.2, 0.25) is 0 Å². The summed E-state index contributed by atoms with van der Waals surface area (Å²) in [5.41, 5.74) is 3.76. The molecule has 0 amide bonds. The van der Waals surface area contributed by atoms with Crippen LogP contribution in [0.3, 0.4) is 0 Å². The minimum atomic E-state index is 0.116. The molecule has 0 unspecified atom stereocenters. The predicted molar refractivity (Wildman–Crippen MR) is 95.4 cm³/mol. The van der Waals surface area contributed by atoms with E-state index in [0.29, 0.717) is 12.5 Å². The second-order valence-electron chi connectivity index (χ2n) is 6.64. The lowest BCUT2D eigenvalue weighted by Crippen LogP contribution is -2.22. The molecular weight excluding hydrogens is 304 g/mol. The van der Waals surface area contributed by atoms with Crippen LogP contribution in [0.4, 0.5) is 0 Å². The Labute approximate surface area is 139 Å². The monoisotopic (exact) mass is 324 g/mol. The van der Waals surface area contributed by atoms with Crippen LogP contribution >= 0.6 is 11.3 Å². The van der Waals surface area contributed by atoms with Crippen LogP contribution in [0.15, 0.2) is 35.4 Å². The van der Waals surface area contributed by atoms with Gasteiger partial charge in [0.05, 0.1) is 18.3 Å². The molecule has 2 heterocycles. The fraction of sp³-hybridized carbons (Fsp3) is 0.368. The number of rotatable bonds is 2. The molecule has 118 valence electrons. The molecule has 3 aromatic rings. The summed E-state index contributed by atoms with van der Waals surface area (Å²) in [4.78, 5) is 19.9. The normalized spacial score (nSPS) is 17.4. The molecule has 0 radical (unpaired) electrons. The van der Waals surface area contributed by atoms with Gasteiger partial charge < -0.3 is 0 Å². The van der Waals surface area contributed by atoms with E-state index >= 15 is 0 Å². The third kappa shape index (κ3) is 2.51. The maximum atomic E-state index is 13.0. The van der Waals surface area contributed by atoms with Gasteiger partial charge in [-0.05, 0) is 48.8 Å². The van der Waals surface area contributed by atoms with Gasteiger partial charge in [-0.3, -0.25) is 9.36 Å². The lowest BCUT2D eigenvalue weighted by Gasteiger charge is -2.17. The zero-order valence-corrected chi connectivity index (χ0v) is 14.3. The van der Waals surface area contributed by atoms with Crippen LogP contribution in [-0.4, -0.2) is 9.55 Å². The van der Waals surface area contributed by atoms with Gasteiger partial charge in [0.15, 0.2) is 0 Å². The highest BCUT2D eigenvalue weighted by atomic mass is 32.1. The first-order valence-electron chi connectivity index (χ1n) is 8.17. The van der Waals surface area contributed by atoms with E-state index in [0.717, 1.165) is 23.1 Å². The van der Waals surface area contributed by atoms with Crippen LogP contribution in [0.25, 0.3) is 10.2 Å². The summed E-state index contributed by atoms with van der Waals surface area (Å²) >= 11 is 1.71. The molecule has 1 aliphatic carbocycles. The average Bonchev–Trinajstić information content (AvgIpc) is 2.90. The highest BCUT2D eigenvalue weighted by Gasteiger charge is 2.23. The quantitative estimate of drug-likeness (QED) is 0.715. The van der Waals surface area contributed by atoms with Crippen molar-refractivity contribution in [3.05, 3.63) is 62.5 Å². The Balaban J connectivity index is 1.82. The van der Waals surface area contributed by atoms with Crippen LogP contribution in [0.1, 0.15) is 34.9 Å². The van der Waals surface area contributed by atoms with Crippen LogP contribution in [-0.2, 0) is 19.4 Å². The fourth-order valence-corrected chi connectivity index (χ4v) is 4.79. The third-order valence-corrected chi connectivity index (χ3v) is 6.05. The van der Waals surface area contributed by atoms with Crippen molar-refractivity contribution in [2.75, 3.05) is 0 Å². The largest absolute Gasteiger partial charge is 0.294 e. The van der Waals surface area contributed by atoms with E-state index in [1.807, 2.05) is 12.1 Å². The van der Waals surface area contributed by atoms with Gasteiger partial charge in [0.25, 0.3) is 5.56 Å². The Morgan fingerprint density at radius 3 is 3.00 bits per heavy atom. The Morgan fingerprint density at radius 1 is 1.35 bits per heavy atom. The molecule has 1 aliphatic rings. The molecule has 23 heavy (non-hydrogen) atoms. The van der Waals surface area contributed by atoms with E-state index in [2.05, 4.69) is 31.0 Å².